The normalized spacial score (nSPS) is 20.5. The van der Waals surface area contributed by atoms with Gasteiger partial charge in [0.15, 0.2) is 6.23 Å². The van der Waals surface area contributed by atoms with Crippen molar-refractivity contribution in [3.63, 3.8) is 0 Å². The summed E-state index contributed by atoms with van der Waals surface area (Å²) in [5, 5.41) is 22.8. The Morgan fingerprint density at radius 1 is 1.24 bits per heavy atom. The lowest BCUT2D eigenvalue weighted by molar-refractivity contribution is -0.138. The standard InChI is InChI=1S/C20H22N6O2S/c21-29-14-6-4-13(5-7-14)23-19-22-11-12-10-15-17(27)25-18(28)20(8-2-1-3-9-20)26(15)16(12)24-19/h4-7,10-11,17,27H,1-3,8-9,21H2,(H,25,28)(H,22,23,24). The van der Waals surface area contributed by atoms with Crippen molar-refractivity contribution in [1.82, 2.24) is 19.9 Å². The number of aliphatic hydroxyl groups excluding tert-OH is 1. The Kier molecular flexibility index (Phi) is 4.45. The van der Waals surface area contributed by atoms with Crippen LogP contribution in [0.2, 0.25) is 0 Å². The molecule has 1 amide bonds. The number of benzene rings is 1. The van der Waals surface area contributed by atoms with Crippen LogP contribution in [0.25, 0.3) is 11.0 Å². The van der Waals surface area contributed by atoms with Gasteiger partial charge in [0.2, 0.25) is 11.9 Å². The molecule has 3 heterocycles. The van der Waals surface area contributed by atoms with Gasteiger partial charge in [-0.1, -0.05) is 19.3 Å². The minimum Gasteiger partial charge on any atom is -0.368 e. The van der Waals surface area contributed by atoms with Crippen molar-refractivity contribution in [2.45, 2.75) is 48.8 Å². The van der Waals surface area contributed by atoms with Crippen molar-refractivity contribution in [2.24, 2.45) is 5.14 Å². The van der Waals surface area contributed by atoms with E-state index in [0.29, 0.717) is 17.3 Å². The maximum Gasteiger partial charge on any atom is 0.248 e. The number of fused-ring (bicyclic) bond motifs is 4. The van der Waals surface area contributed by atoms with Gasteiger partial charge in [-0.15, -0.1) is 0 Å². The van der Waals surface area contributed by atoms with Gasteiger partial charge >= 0.3 is 0 Å². The second-order valence-electron chi connectivity index (χ2n) is 7.61. The van der Waals surface area contributed by atoms with E-state index in [1.807, 2.05) is 34.9 Å². The molecule has 1 aromatic carbocycles. The molecule has 1 spiro atoms. The largest absolute Gasteiger partial charge is 0.368 e. The summed E-state index contributed by atoms with van der Waals surface area (Å²) in [6.07, 6.45) is 5.25. The van der Waals surface area contributed by atoms with Crippen molar-refractivity contribution in [1.29, 1.82) is 0 Å². The lowest BCUT2D eigenvalue weighted by Crippen LogP contribution is -2.55. The number of hydrogen-bond donors (Lipinski definition) is 4. The van der Waals surface area contributed by atoms with Crippen LogP contribution in [0.5, 0.6) is 0 Å². The van der Waals surface area contributed by atoms with E-state index in [2.05, 4.69) is 15.6 Å². The third-order valence-electron chi connectivity index (χ3n) is 5.90. The molecular weight excluding hydrogens is 388 g/mol. The first-order valence-corrected chi connectivity index (χ1v) is 10.6. The van der Waals surface area contributed by atoms with E-state index in [1.54, 1.807) is 6.20 Å². The van der Waals surface area contributed by atoms with Crippen LogP contribution in [0.3, 0.4) is 0 Å². The van der Waals surface area contributed by atoms with Crippen molar-refractivity contribution in [3.05, 3.63) is 42.2 Å². The Morgan fingerprint density at radius 2 is 2.00 bits per heavy atom. The molecule has 0 radical (unpaired) electrons. The maximum atomic E-state index is 13.0. The number of carbonyl (C=O) groups excluding carboxylic acids is 1. The van der Waals surface area contributed by atoms with Crippen LogP contribution in [-0.2, 0) is 10.3 Å². The molecule has 5 rings (SSSR count). The molecule has 9 heteroatoms. The van der Waals surface area contributed by atoms with Crippen LogP contribution in [0.4, 0.5) is 11.6 Å². The highest BCUT2D eigenvalue weighted by Crippen LogP contribution is 2.43. The first-order valence-electron chi connectivity index (χ1n) is 9.72. The summed E-state index contributed by atoms with van der Waals surface area (Å²) in [7, 11) is 0. The van der Waals surface area contributed by atoms with E-state index in [1.165, 1.54) is 11.9 Å². The molecule has 0 saturated heterocycles. The van der Waals surface area contributed by atoms with Gasteiger partial charge in [0.25, 0.3) is 0 Å². The number of nitrogens with zero attached hydrogens (tertiary/aromatic N) is 3. The van der Waals surface area contributed by atoms with E-state index in [4.69, 9.17) is 10.1 Å². The Hall–Kier alpha value is -2.62. The average Bonchev–Trinajstić information content (AvgIpc) is 3.14. The molecule has 1 aliphatic heterocycles. The highest BCUT2D eigenvalue weighted by Gasteiger charge is 2.48. The van der Waals surface area contributed by atoms with Crippen LogP contribution < -0.4 is 15.8 Å². The molecule has 1 fully saturated rings. The van der Waals surface area contributed by atoms with Gasteiger partial charge in [0.1, 0.15) is 11.2 Å². The SMILES string of the molecule is NSc1ccc(Nc2ncc3cc4n(c3n2)C2(CCCCC2)C(=O)NC4O)cc1. The number of aromatic nitrogens is 3. The fourth-order valence-corrected chi connectivity index (χ4v) is 4.78. The predicted octanol–water partition coefficient (Wildman–Crippen LogP) is 2.92. The third kappa shape index (κ3) is 2.97. The molecule has 2 aliphatic rings. The quantitative estimate of drug-likeness (QED) is 0.490. The van der Waals surface area contributed by atoms with Crippen molar-refractivity contribution in [2.75, 3.05) is 5.32 Å². The van der Waals surface area contributed by atoms with Crippen LogP contribution in [0.1, 0.15) is 44.0 Å². The zero-order chi connectivity index (χ0) is 20.0. The van der Waals surface area contributed by atoms with Crippen molar-refractivity contribution in [3.8, 4) is 0 Å². The lowest BCUT2D eigenvalue weighted by atomic mass is 9.79. The number of anilines is 2. The minimum absolute atomic E-state index is 0.127. The highest BCUT2D eigenvalue weighted by atomic mass is 32.2. The van der Waals surface area contributed by atoms with Gasteiger partial charge in [-0.05, 0) is 55.1 Å². The molecule has 1 saturated carbocycles. The Morgan fingerprint density at radius 3 is 2.72 bits per heavy atom. The molecule has 5 N–H and O–H groups in total. The summed E-state index contributed by atoms with van der Waals surface area (Å²) >= 11 is 1.19. The molecule has 3 aromatic rings. The number of carbonyl (C=O) groups is 1. The lowest BCUT2D eigenvalue weighted by Gasteiger charge is -2.43. The summed E-state index contributed by atoms with van der Waals surface area (Å²) in [5.41, 5.74) is 1.48. The summed E-state index contributed by atoms with van der Waals surface area (Å²) in [5.74, 6) is 0.315. The van der Waals surface area contributed by atoms with Crippen molar-refractivity contribution >= 4 is 40.5 Å². The fourth-order valence-electron chi connectivity index (χ4n) is 4.49. The number of hydrogen-bond acceptors (Lipinski definition) is 7. The highest BCUT2D eigenvalue weighted by molar-refractivity contribution is 7.97. The summed E-state index contributed by atoms with van der Waals surface area (Å²) in [6, 6.07) is 9.53. The molecule has 1 unspecified atom stereocenters. The predicted molar refractivity (Wildman–Crippen MR) is 111 cm³/mol. The second-order valence-corrected chi connectivity index (χ2v) is 8.32. The van der Waals surface area contributed by atoms with Crippen LogP contribution in [0.15, 0.2) is 41.4 Å². The van der Waals surface area contributed by atoms with Gasteiger partial charge in [-0.3, -0.25) is 9.93 Å². The van der Waals surface area contributed by atoms with Gasteiger partial charge in [-0.25, -0.2) is 4.98 Å². The van der Waals surface area contributed by atoms with Gasteiger partial charge in [0, 0.05) is 22.2 Å². The van der Waals surface area contributed by atoms with Gasteiger partial charge in [0.05, 0.1) is 5.69 Å². The minimum atomic E-state index is -1.04. The Balaban J connectivity index is 1.60. The molecule has 2 aromatic heterocycles. The van der Waals surface area contributed by atoms with Crippen molar-refractivity contribution < 1.29 is 9.90 Å². The molecular formula is C20H22N6O2S. The summed E-state index contributed by atoms with van der Waals surface area (Å²) in [4.78, 5) is 23.1. The third-order valence-corrected chi connectivity index (χ3v) is 6.44. The smallest absolute Gasteiger partial charge is 0.248 e. The Bertz CT molecular complexity index is 1070. The molecule has 0 bridgehead atoms. The van der Waals surface area contributed by atoms with Gasteiger partial charge < -0.3 is 20.3 Å². The molecule has 29 heavy (non-hydrogen) atoms. The Labute approximate surface area is 172 Å². The summed E-state index contributed by atoms with van der Waals surface area (Å²) in [6.45, 7) is 0. The molecule has 1 atom stereocenters. The number of nitrogens with two attached hydrogens (primary N) is 1. The number of rotatable bonds is 3. The molecule has 150 valence electrons. The van der Waals surface area contributed by atoms with E-state index < -0.39 is 11.8 Å². The molecule has 1 aliphatic carbocycles. The average molecular weight is 411 g/mol. The molecule has 8 nitrogen and oxygen atoms in total. The van der Waals surface area contributed by atoms with E-state index in [0.717, 1.165) is 48.1 Å². The van der Waals surface area contributed by atoms with E-state index >= 15 is 0 Å². The van der Waals surface area contributed by atoms with Crippen LogP contribution >= 0.6 is 11.9 Å². The number of amides is 1. The fraction of sp³-hybridized carbons (Fsp3) is 0.350. The van der Waals surface area contributed by atoms with Gasteiger partial charge in [-0.2, -0.15) is 4.98 Å². The van der Waals surface area contributed by atoms with E-state index in [-0.39, 0.29) is 5.91 Å². The first kappa shape index (κ1) is 18.4. The zero-order valence-corrected chi connectivity index (χ0v) is 16.6. The second kappa shape index (κ2) is 7.01. The number of aliphatic hydroxyl groups is 1. The van der Waals surface area contributed by atoms with Crippen LogP contribution in [0, 0.1) is 0 Å². The first-order chi connectivity index (χ1) is 14.1. The summed E-state index contributed by atoms with van der Waals surface area (Å²) < 4.78 is 1.95. The zero-order valence-electron chi connectivity index (χ0n) is 15.8. The maximum absolute atomic E-state index is 13.0. The topological polar surface area (TPSA) is 118 Å². The monoisotopic (exact) mass is 410 g/mol. The van der Waals surface area contributed by atoms with E-state index in [9.17, 15) is 9.90 Å². The number of nitrogens with one attached hydrogen (secondary N) is 2. The van der Waals surface area contributed by atoms with Crippen LogP contribution in [-0.4, -0.2) is 25.5 Å².